The van der Waals surface area contributed by atoms with E-state index in [4.69, 9.17) is 5.11 Å². The zero-order valence-corrected chi connectivity index (χ0v) is 8.67. The first-order valence-electron chi connectivity index (χ1n) is 4.14. The Morgan fingerprint density at radius 1 is 1.93 bits per heavy atom. The fraction of sp³-hybridized carbons (Fsp3) is 0.333. The van der Waals surface area contributed by atoms with Gasteiger partial charge in [0.05, 0.1) is 16.1 Å². The van der Waals surface area contributed by atoms with Crippen LogP contribution in [0.2, 0.25) is 0 Å². The molecule has 14 heavy (non-hydrogen) atoms. The van der Waals surface area contributed by atoms with E-state index in [-0.39, 0.29) is 0 Å². The van der Waals surface area contributed by atoms with Crippen molar-refractivity contribution in [1.29, 1.82) is 0 Å². The first-order valence-corrected chi connectivity index (χ1v) is 5.02. The van der Waals surface area contributed by atoms with Crippen molar-refractivity contribution >= 4 is 17.3 Å². The number of rotatable bonds is 5. The molecule has 0 bridgehead atoms. The first kappa shape index (κ1) is 10.9. The molecule has 1 unspecified atom stereocenters. The SMILES string of the molecule is C=CCNC(C(=O)O)c1scnc1C. The van der Waals surface area contributed by atoms with Gasteiger partial charge in [-0.3, -0.25) is 10.1 Å². The van der Waals surface area contributed by atoms with Crippen molar-refractivity contribution in [2.45, 2.75) is 13.0 Å². The third-order valence-corrected chi connectivity index (χ3v) is 2.75. The summed E-state index contributed by atoms with van der Waals surface area (Å²) in [5.41, 5.74) is 2.41. The highest BCUT2D eigenvalue weighted by molar-refractivity contribution is 7.10. The Kier molecular flexibility index (Phi) is 3.79. The second-order valence-electron chi connectivity index (χ2n) is 2.77. The summed E-state index contributed by atoms with van der Waals surface area (Å²) in [6, 6.07) is -0.680. The van der Waals surface area contributed by atoms with E-state index in [1.54, 1.807) is 18.5 Å². The maximum atomic E-state index is 10.9. The number of thiazole rings is 1. The van der Waals surface area contributed by atoms with E-state index in [9.17, 15) is 4.79 Å². The smallest absolute Gasteiger partial charge is 0.326 e. The molecule has 5 heteroatoms. The minimum absolute atomic E-state index is 0.467. The van der Waals surface area contributed by atoms with Gasteiger partial charge in [-0.15, -0.1) is 17.9 Å². The van der Waals surface area contributed by atoms with Gasteiger partial charge in [-0.1, -0.05) is 6.08 Å². The molecule has 0 aliphatic heterocycles. The predicted octanol–water partition coefficient (Wildman–Crippen LogP) is 1.35. The summed E-state index contributed by atoms with van der Waals surface area (Å²) in [5.74, 6) is -0.890. The molecule has 1 aromatic heterocycles. The largest absolute Gasteiger partial charge is 0.480 e. The Labute approximate surface area is 86.3 Å². The van der Waals surface area contributed by atoms with Crippen molar-refractivity contribution in [3.05, 3.63) is 28.7 Å². The highest BCUT2D eigenvalue weighted by Crippen LogP contribution is 2.21. The molecule has 1 rings (SSSR count). The van der Waals surface area contributed by atoms with Gasteiger partial charge in [0.2, 0.25) is 0 Å². The van der Waals surface area contributed by atoms with Gasteiger partial charge in [-0.2, -0.15) is 0 Å². The van der Waals surface area contributed by atoms with Crippen LogP contribution in [0.4, 0.5) is 0 Å². The number of nitrogens with zero attached hydrogens (tertiary/aromatic N) is 1. The molecular weight excluding hydrogens is 200 g/mol. The van der Waals surface area contributed by atoms with Crippen molar-refractivity contribution in [1.82, 2.24) is 10.3 Å². The number of carbonyl (C=O) groups is 1. The van der Waals surface area contributed by atoms with Gasteiger partial charge < -0.3 is 5.11 Å². The van der Waals surface area contributed by atoms with Crippen molar-refractivity contribution in [3.8, 4) is 0 Å². The molecule has 0 aliphatic carbocycles. The Hall–Kier alpha value is -1.20. The molecule has 2 N–H and O–H groups in total. The molecule has 76 valence electrons. The number of aryl methyl sites for hydroxylation is 1. The van der Waals surface area contributed by atoms with Crippen LogP contribution in [0.1, 0.15) is 16.6 Å². The summed E-state index contributed by atoms with van der Waals surface area (Å²) in [7, 11) is 0. The van der Waals surface area contributed by atoms with Gasteiger partial charge >= 0.3 is 5.97 Å². The number of aliphatic carboxylic acids is 1. The predicted molar refractivity (Wildman–Crippen MR) is 55.4 cm³/mol. The van der Waals surface area contributed by atoms with Gasteiger partial charge in [0.25, 0.3) is 0 Å². The van der Waals surface area contributed by atoms with Crippen molar-refractivity contribution in [3.63, 3.8) is 0 Å². The number of hydrogen-bond donors (Lipinski definition) is 2. The molecule has 0 saturated heterocycles. The molecular formula is C9H12N2O2S. The zero-order valence-electron chi connectivity index (χ0n) is 7.86. The average Bonchev–Trinajstić information content (AvgIpc) is 2.52. The molecule has 0 aromatic carbocycles. The number of nitrogens with one attached hydrogen (secondary N) is 1. The number of carboxylic acid groups (broad SMARTS) is 1. The Bertz CT molecular complexity index is 335. The quantitative estimate of drug-likeness (QED) is 0.723. The average molecular weight is 212 g/mol. The zero-order chi connectivity index (χ0) is 10.6. The summed E-state index contributed by atoms with van der Waals surface area (Å²) >= 11 is 1.35. The maximum absolute atomic E-state index is 10.9. The van der Waals surface area contributed by atoms with E-state index in [0.717, 1.165) is 10.6 Å². The van der Waals surface area contributed by atoms with Gasteiger partial charge in [0.1, 0.15) is 6.04 Å². The molecule has 0 fully saturated rings. The first-order chi connectivity index (χ1) is 6.66. The van der Waals surface area contributed by atoms with Crippen LogP contribution in [0.25, 0.3) is 0 Å². The molecule has 4 nitrogen and oxygen atoms in total. The minimum atomic E-state index is -0.890. The van der Waals surface area contributed by atoms with Crippen LogP contribution in [0.5, 0.6) is 0 Å². The van der Waals surface area contributed by atoms with E-state index in [1.807, 2.05) is 0 Å². The third kappa shape index (κ3) is 2.40. The summed E-state index contributed by atoms with van der Waals surface area (Å²) in [5, 5.41) is 11.8. The number of carboxylic acids is 1. The normalized spacial score (nSPS) is 12.4. The summed E-state index contributed by atoms with van der Waals surface area (Å²) < 4.78 is 0. The lowest BCUT2D eigenvalue weighted by Gasteiger charge is -2.11. The molecule has 0 radical (unpaired) electrons. The van der Waals surface area contributed by atoms with Crippen LogP contribution in [0.3, 0.4) is 0 Å². The Morgan fingerprint density at radius 2 is 2.64 bits per heavy atom. The Balaban J connectivity index is 2.83. The van der Waals surface area contributed by atoms with E-state index in [2.05, 4.69) is 16.9 Å². The van der Waals surface area contributed by atoms with Crippen LogP contribution < -0.4 is 5.32 Å². The molecule has 0 aliphatic rings. The number of hydrogen-bond acceptors (Lipinski definition) is 4. The van der Waals surface area contributed by atoms with Gasteiger partial charge in [0, 0.05) is 6.54 Å². The maximum Gasteiger partial charge on any atom is 0.326 e. The van der Waals surface area contributed by atoms with E-state index < -0.39 is 12.0 Å². The third-order valence-electron chi connectivity index (χ3n) is 1.76. The van der Waals surface area contributed by atoms with Crippen LogP contribution in [0, 0.1) is 6.92 Å². The van der Waals surface area contributed by atoms with Gasteiger partial charge in [-0.25, -0.2) is 4.98 Å². The molecule has 1 aromatic rings. The van der Waals surface area contributed by atoms with Crippen molar-refractivity contribution < 1.29 is 9.90 Å². The molecule has 1 atom stereocenters. The lowest BCUT2D eigenvalue weighted by molar-refractivity contribution is -0.139. The molecule has 0 spiro atoms. The highest BCUT2D eigenvalue weighted by Gasteiger charge is 2.22. The summed E-state index contributed by atoms with van der Waals surface area (Å²) in [6.45, 7) is 5.80. The van der Waals surface area contributed by atoms with Gasteiger partial charge in [-0.05, 0) is 6.92 Å². The second-order valence-corrected chi connectivity index (χ2v) is 3.66. The summed E-state index contributed by atoms with van der Waals surface area (Å²) in [4.78, 5) is 15.7. The fourth-order valence-electron chi connectivity index (χ4n) is 1.08. The van der Waals surface area contributed by atoms with Crippen molar-refractivity contribution in [2.75, 3.05) is 6.54 Å². The number of aromatic nitrogens is 1. The minimum Gasteiger partial charge on any atom is -0.480 e. The van der Waals surface area contributed by atoms with Crippen LogP contribution in [-0.4, -0.2) is 22.6 Å². The monoisotopic (exact) mass is 212 g/mol. The van der Waals surface area contributed by atoms with E-state index >= 15 is 0 Å². The van der Waals surface area contributed by atoms with Gasteiger partial charge in [0.15, 0.2) is 0 Å². The fourth-order valence-corrected chi connectivity index (χ4v) is 1.95. The van der Waals surface area contributed by atoms with E-state index in [1.165, 1.54) is 11.3 Å². The molecule has 0 saturated carbocycles. The highest BCUT2D eigenvalue weighted by atomic mass is 32.1. The molecule has 1 heterocycles. The Morgan fingerprint density at radius 3 is 3.07 bits per heavy atom. The van der Waals surface area contributed by atoms with Crippen LogP contribution in [-0.2, 0) is 4.79 Å². The molecule has 0 amide bonds. The second kappa shape index (κ2) is 4.88. The van der Waals surface area contributed by atoms with Crippen molar-refractivity contribution in [2.24, 2.45) is 0 Å². The van der Waals surface area contributed by atoms with Crippen LogP contribution in [0.15, 0.2) is 18.2 Å². The van der Waals surface area contributed by atoms with Crippen LogP contribution >= 0.6 is 11.3 Å². The summed E-state index contributed by atoms with van der Waals surface area (Å²) in [6.07, 6.45) is 1.63. The standard InChI is InChI=1S/C9H12N2O2S/c1-3-4-10-7(9(12)13)8-6(2)11-5-14-8/h3,5,7,10H,1,4H2,2H3,(H,12,13). The lowest BCUT2D eigenvalue weighted by Crippen LogP contribution is -2.28. The lowest BCUT2D eigenvalue weighted by atomic mass is 10.2. The topological polar surface area (TPSA) is 62.2 Å². The van der Waals surface area contributed by atoms with E-state index in [0.29, 0.717) is 6.54 Å².